The summed E-state index contributed by atoms with van der Waals surface area (Å²) in [6, 6.07) is 78.7. The number of hydrogen-bond donors (Lipinski definition) is 0. The molecule has 9 aromatic carbocycles. The van der Waals surface area contributed by atoms with Crippen LogP contribution in [0.2, 0.25) is 0 Å². The van der Waals surface area contributed by atoms with Crippen LogP contribution in [-0.4, -0.2) is 111 Å². The quantitative estimate of drug-likeness (QED) is 0.0343. The molecular weight excluding hydrogens is 1540 g/mol. The lowest BCUT2D eigenvalue weighted by molar-refractivity contribution is -0.203. The molecule has 4 aliphatic rings. The molecule has 0 atom stereocenters. The van der Waals surface area contributed by atoms with E-state index < -0.39 is 44.8 Å². The Kier molecular flexibility index (Phi) is 28.2. The van der Waals surface area contributed by atoms with Crippen molar-refractivity contribution in [2.75, 3.05) is 111 Å². The maximum Gasteiger partial charge on any atom is 0.147 e. The second-order valence-electron chi connectivity index (χ2n) is 30.4. The molecule has 0 saturated heterocycles. The van der Waals surface area contributed by atoms with Crippen molar-refractivity contribution in [3.8, 4) is 44.5 Å². The van der Waals surface area contributed by atoms with Gasteiger partial charge in [-0.2, -0.15) is 0 Å². The van der Waals surface area contributed by atoms with E-state index >= 15 is 0 Å². The summed E-state index contributed by atoms with van der Waals surface area (Å²) in [5.41, 5.74) is 13.4. The Balaban J connectivity index is 0.647. The van der Waals surface area contributed by atoms with Crippen LogP contribution < -0.4 is 0 Å². The fraction of sp³-hybridized carbons (Fsp3) is 0.426. The van der Waals surface area contributed by atoms with Crippen LogP contribution in [0, 0.1) is 0 Å². The molecule has 0 spiro atoms. The molecule has 0 N–H and O–H groups in total. The molecule has 13 rings (SSSR count). The van der Waals surface area contributed by atoms with Crippen LogP contribution >= 0.6 is 31.9 Å². The first-order valence-electron chi connectivity index (χ1n) is 38.9. The Hall–Kier alpha value is -6.70. The monoisotopic (exact) mass is 1650 g/mol. The highest BCUT2D eigenvalue weighted by atomic mass is 79.9. The van der Waals surface area contributed by atoms with Gasteiger partial charge in [0.05, 0.1) is 44.8 Å². The largest absolute Gasteiger partial charge is 0.359 e. The molecule has 594 valence electrons. The standard InChI is InChI=1S/C94H108Br2O16/c1-97-61-105-87(45-49-89(50-46-87,107-63-99-3)79-29-17-73(18-30-79)75-21-33-81(34-22-75)91(109-65-101-5)53-57-93(58-54-91,111-67-103-7)83-37-41-85(95)42-38-83)77-25-13-71(14-26-77)69-9-11-70(12-10-69)72-15-27-78(28-16-72)88(106-62-98-2)47-51-90(52-48-88,108-64-100-4)80-31-19-74(20-32-80)76-23-35-82(36-24-76)92(110-66-102-6)55-59-94(60-56-92,112-68-104-8)84-39-43-86(96)44-40-84/h9-44H,45-68H2,1-8H3. The van der Waals surface area contributed by atoms with Crippen molar-refractivity contribution >= 4 is 31.9 Å². The highest BCUT2D eigenvalue weighted by Crippen LogP contribution is 2.56. The second kappa shape index (κ2) is 37.9. The van der Waals surface area contributed by atoms with Gasteiger partial charge in [0.15, 0.2) is 0 Å². The van der Waals surface area contributed by atoms with Crippen molar-refractivity contribution < 1.29 is 75.8 Å². The molecule has 0 amide bonds. The summed E-state index contributed by atoms with van der Waals surface area (Å²) < 4.78 is 99.7. The Morgan fingerprint density at radius 1 is 0.170 bits per heavy atom. The highest BCUT2D eigenvalue weighted by Gasteiger charge is 2.51. The average Bonchev–Trinajstić information content (AvgIpc) is 0.769. The lowest BCUT2D eigenvalue weighted by Gasteiger charge is -2.46. The molecule has 0 radical (unpaired) electrons. The van der Waals surface area contributed by atoms with Gasteiger partial charge in [-0.25, -0.2) is 0 Å². The summed E-state index contributed by atoms with van der Waals surface area (Å²) in [5.74, 6) is 0. The summed E-state index contributed by atoms with van der Waals surface area (Å²) in [6.45, 7) is 1.45. The minimum atomic E-state index is -0.595. The van der Waals surface area contributed by atoms with Crippen LogP contribution in [0.4, 0.5) is 0 Å². The molecule has 4 saturated carbocycles. The van der Waals surface area contributed by atoms with E-state index in [0.717, 1.165) is 149 Å². The first-order valence-corrected chi connectivity index (χ1v) is 40.5. The van der Waals surface area contributed by atoms with Crippen LogP contribution in [0.1, 0.15) is 147 Å². The summed E-state index contributed by atoms with van der Waals surface area (Å²) in [5, 5.41) is 0. The fourth-order valence-electron chi connectivity index (χ4n) is 17.9. The van der Waals surface area contributed by atoms with Crippen molar-refractivity contribution in [2.24, 2.45) is 0 Å². The van der Waals surface area contributed by atoms with E-state index in [9.17, 15) is 0 Å². The van der Waals surface area contributed by atoms with E-state index in [1.165, 1.54) is 0 Å². The average molecular weight is 1650 g/mol. The zero-order valence-corrected chi connectivity index (χ0v) is 69.2. The number of ether oxygens (including phenoxy) is 16. The van der Waals surface area contributed by atoms with Gasteiger partial charge in [-0.05, 0) is 216 Å². The van der Waals surface area contributed by atoms with Crippen LogP contribution in [0.5, 0.6) is 0 Å². The molecule has 0 aromatic heterocycles. The predicted octanol–water partition coefficient (Wildman–Crippen LogP) is 21.5. The lowest BCUT2D eigenvalue weighted by Crippen LogP contribution is -2.43. The number of rotatable bonds is 36. The van der Waals surface area contributed by atoms with Gasteiger partial charge in [-0.3, -0.25) is 0 Å². The normalized spacial score (nSPS) is 25.4. The smallest absolute Gasteiger partial charge is 0.147 e. The van der Waals surface area contributed by atoms with Gasteiger partial charge >= 0.3 is 0 Å². The number of methoxy groups -OCH3 is 8. The first kappa shape index (κ1) is 83.3. The van der Waals surface area contributed by atoms with Crippen molar-refractivity contribution in [1.82, 2.24) is 0 Å². The lowest BCUT2D eigenvalue weighted by atomic mass is 9.70. The molecule has 4 aliphatic carbocycles. The minimum Gasteiger partial charge on any atom is -0.359 e. The van der Waals surface area contributed by atoms with Gasteiger partial charge in [-0.1, -0.05) is 226 Å². The molecule has 16 nitrogen and oxygen atoms in total. The second-order valence-corrected chi connectivity index (χ2v) is 32.2. The molecule has 0 heterocycles. The first-order chi connectivity index (χ1) is 54.6. The summed E-state index contributed by atoms with van der Waals surface area (Å²) in [6.07, 6.45) is 11.7. The van der Waals surface area contributed by atoms with Gasteiger partial charge in [0.2, 0.25) is 0 Å². The Morgan fingerprint density at radius 2 is 0.268 bits per heavy atom. The fourth-order valence-corrected chi connectivity index (χ4v) is 18.4. The molecule has 0 unspecified atom stereocenters. The number of benzene rings is 9. The minimum absolute atomic E-state index is 0.165. The number of hydrogen-bond acceptors (Lipinski definition) is 16. The van der Waals surface area contributed by atoms with Gasteiger partial charge < -0.3 is 75.8 Å². The Labute approximate surface area is 678 Å². The molecule has 112 heavy (non-hydrogen) atoms. The summed E-state index contributed by atoms with van der Waals surface area (Å²) >= 11 is 7.21. The van der Waals surface area contributed by atoms with Gasteiger partial charge in [0, 0.05) is 65.8 Å². The number of halogens is 2. The third-order valence-electron chi connectivity index (χ3n) is 24.5. The zero-order chi connectivity index (χ0) is 78.1. The van der Waals surface area contributed by atoms with E-state index in [-0.39, 0.29) is 54.3 Å². The molecule has 4 fully saturated rings. The predicted molar refractivity (Wildman–Crippen MR) is 440 cm³/mol. The van der Waals surface area contributed by atoms with Gasteiger partial charge in [-0.15, -0.1) is 0 Å². The van der Waals surface area contributed by atoms with E-state index in [2.05, 4.69) is 250 Å². The SMILES string of the molecule is COCOC1(c2ccc(Br)cc2)CCC(OCOC)(c2ccc(-c3ccc(C4(OCOC)CCC(OCOC)(c5ccc(-c6ccc(-c7ccc(C8(OCOC)CCC(OCOC)(c9ccc(-c%10ccc(C%11(OCOC)CCC(OCOC)(c%12ccc(Br)cc%12)CC%11)cc%10)cc9)CC8)cc7)cc6)cc5)CC4)cc3)cc2)CC1. The van der Waals surface area contributed by atoms with E-state index in [1.54, 1.807) is 56.9 Å². The van der Waals surface area contributed by atoms with Gasteiger partial charge in [0.1, 0.15) is 54.3 Å². The van der Waals surface area contributed by atoms with Crippen molar-refractivity contribution in [3.63, 3.8) is 0 Å². The van der Waals surface area contributed by atoms with Crippen molar-refractivity contribution in [3.05, 3.63) is 272 Å². The Bertz CT molecular complexity index is 4070. The molecule has 18 heteroatoms. The topological polar surface area (TPSA) is 148 Å². The summed E-state index contributed by atoms with van der Waals surface area (Å²) in [7, 11) is 13.4. The molecule has 9 aromatic rings. The highest BCUT2D eigenvalue weighted by molar-refractivity contribution is 9.10. The van der Waals surface area contributed by atoms with Crippen LogP contribution in [-0.2, 0) is 121 Å². The van der Waals surface area contributed by atoms with E-state index in [4.69, 9.17) is 75.8 Å². The zero-order valence-electron chi connectivity index (χ0n) is 66.0. The van der Waals surface area contributed by atoms with Crippen LogP contribution in [0.3, 0.4) is 0 Å². The van der Waals surface area contributed by atoms with Gasteiger partial charge in [0.25, 0.3) is 0 Å². The third kappa shape index (κ3) is 18.3. The third-order valence-corrected chi connectivity index (χ3v) is 25.6. The molecule has 0 aliphatic heterocycles. The summed E-state index contributed by atoms with van der Waals surface area (Å²) in [4.78, 5) is 0. The van der Waals surface area contributed by atoms with E-state index in [0.29, 0.717) is 51.4 Å². The molecular formula is C94H108Br2O16. The van der Waals surface area contributed by atoms with Crippen molar-refractivity contribution in [2.45, 2.75) is 148 Å². The van der Waals surface area contributed by atoms with Crippen molar-refractivity contribution in [1.29, 1.82) is 0 Å². The maximum absolute atomic E-state index is 6.76. The van der Waals surface area contributed by atoms with Crippen LogP contribution in [0.15, 0.2) is 227 Å². The molecule has 0 bridgehead atoms. The van der Waals surface area contributed by atoms with Crippen LogP contribution in [0.25, 0.3) is 44.5 Å². The van der Waals surface area contributed by atoms with E-state index in [1.807, 2.05) is 0 Å². The Morgan fingerprint density at radius 3 is 0.375 bits per heavy atom. The maximum atomic E-state index is 6.76.